The zero-order valence-corrected chi connectivity index (χ0v) is 17.2. The normalized spacial score (nSPS) is 10.6. The molecule has 3 aromatic carbocycles. The molecule has 4 rings (SSSR count). The van der Waals surface area contributed by atoms with Crippen molar-refractivity contribution < 1.29 is 14.3 Å². The summed E-state index contributed by atoms with van der Waals surface area (Å²) < 4.78 is 11.4. The van der Waals surface area contributed by atoms with Gasteiger partial charge in [0.1, 0.15) is 0 Å². The lowest BCUT2D eigenvalue weighted by Crippen LogP contribution is -2.20. The molecule has 0 unspecified atom stereocenters. The lowest BCUT2D eigenvalue weighted by Gasteiger charge is -2.14. The number of anilines is 2. The van der Waals surface area contributed by atoms with Crippen LogP contribution in [0.2, 0.25) is 0 Å². The molecule has 1 amide bonds. The quantitative estimate of drug-likeness (QED) is 0.371. The van der Waals surface area contributed by atoms with E-state index in [0.29, 0.717) is 24.7 Å². The number of nitrogens with zero attached hydrogens (tertiary/aromatic N) is 1. The van der Waals surface area contributed by atoms with E-state index in [1.54, 1.807) is 6.33 Å². The summed E-state index contributed by atoms with van der Waals surface area (Å²) in [5, 5.41) is 6.20. The molecule has 0 aliphatic heterocycles. The highest BCUT2D eigenvalue weighted by atomic mass is 16.5. The fraction of sp³-hybridized carbons (Fsp3) is 0.167. The van der Waals surface area contributed by atoms with Crippen molar-refractivity contribution in [3.63, 3.8) is 0 Å². The topological polar surface area (TPSA) is 88.3 Å². The molecule has 1 aromatic heterocycles. The molecule has 3 N–H and O–H groups in total. The van der Waals surface area contributed by atoms with E-state index in [-0.39, 0.29) is 12.5 Å². The van der Waals surface area contributed by atoms with Crippen LogP contribution in [0.15, 0.2) is 73.1 Å². The third-order valence-corrected chi connectivity index (χ3v) is 4.64. The van der Waals surface area contributed by atoms with Crippen LogP contribution in [0, 0.1) is 0 Å². The second-order valence-electron chi connectivity index (χ2n) is 6.90. The number of aromatic nitrogens is 2. The molecule has 0 aliphatic carbocycles. The smallest absolute Gasteiger partial charge is 0.262 e. The zero-order chi connectivity index (χ0) is 21.5. The molecule has 4 aromatic rings. The van der Waals surface area contributed by atoms with Gasteiger partial charge in [0.2, 0.25) is 0 Å². The van der Waals surface area contributed by atoms with E-state index in [1.807, 2.05) is 73.7 Å². The van der Waals surface area contributed by atoms with Crippen LogP contribution in [0.4, 0.5) is 11.4 Å². The highest BCUT2D eigenvalue weighted by Gasteiger charge is 2.10. The van der Waals surface area contributed by atoms with E-state index in [1.165, 1.54) is 0 Å². The maximum atomic E-state index is 12.2. The van der Waals surface area contributed by atoms with Gasteiger partial charge in [0.15, 0.2) is 18.1 Å². The SMILES string of the molecule is CCOc1cc(CNc2ccc3nc[nH]c3c2)ccc1OCC(=O)Nc1ccccc1. The first-order valence-corrected chi connectivity index (χ1v) is 10.1. The minimum absolute atomic E-state index is 0.100. The number of para-hydroxylation sites is 1. The average molecular weight is 416 g/mol. The Hall–Kier alpha value is -4.00. The van der Waals surface area contributed by atoms with Crippen LogP contribution in [0.5, 0.6) is 11.5 Å². The lowest BCUT2D eigenvalue weighted by molar-refractivity contribution is -0.118. The predicted molar refractivity (Wildman–Crippen MR) is 122 cm³/mol. The minimum atomic E-state index is -0.228. The van der Waals surface area contributed by atoms with Gasteiger partial charge < -0.3 is 25.1 Å². The number of hydrogen-bond acceptors (Lipinski definition) is 5. The summed E-state index contributed by atoms with van der Waals surface area (Å²) in [5.74, 6) is 0.916. The fourth-order valence-electron chi connectivity index (χ4n) is 3.16. The number of carbonyl (C=O) groups excluding carboxylic acids is 1. The van der Waals surface area contributed by atoms with Crippen molar-refractivity contribution in [2.75, 3.05) is 23.8 Å². The molecule has 0 saturated carbocycles. The largest absolute Gasteiger partial charge is 0.490 e. The molecule has 31 heavy (non-hydrogen) atoms. The summed E-state index contributed by atoms with van der Waals surface area (Å²) in [6.07, 6.45) is 1.68. The Morgan fingerprint density at radius 2 is 1.84 bits per heavy atom. The molecule has 7 heteroatoms. The van der Waals surface area contributed by atoms with Gasteiger partial charge in [0, 0.05) is 17.9 Å². The van der Waals surface area contributed by atoms with E-state index in [4.69, 9.17) is 9.47 Å². The van der Waals surface area contributed by atoms with Crippen LogP contribution in [0.25, 0.3) is 11.0 Å². The average Bonchev–Trinajstić information content (AvgIpc) is 3.26. The Balaban J connectivity index is 1.37. The number of benzene rings is 3. The van der Waals surface area contributed by atoms with E-state index in [9.17, 15) is 4.79 Å². The van der Waals surface area contributed by atoms with E-state index >= 15 is 0 Å². The molecule has 0 fully saturated rings. The minimum Gasteiger partial charge on any atom is -0.490 e. The van der Waals surface area contributed by atoms with Crippen molar-refractivity contribution in [1.82, 2.24) is 9.97 Å². The van der Waals surface area contributed by atoms with Crippen LogP contribution in [0.1, 0.15) is 12.5 Å². The number of H-pyrrole nitrogens is 1. The summed E-state index contributed by atoms with van der Waals surface area (Å²) in [4.78, 5) is 19.5. The van der Waals surface area contributed by atoms with Crippen LogP contribution in [-0.4, -0.2) is 29.1 Å². The maximum Gasteiger partial charge on any atom is 0.262 e. The number of amides is 1. The van der Waals surface area contributed by atoms with Crippen molar-refractivity contribution >= 4 is 28.3 Å². The molecule has 1 heterocycles. The summed E-state index contributed by atoms with van der Waals surface area (Å²) in [6.45, 7) is 2.93. The van der Waals surface area contributed by atoms with Crippen LogP contribution < -0.4 is 20.1 Å². The van der Waals surface area contributed by atoms with Crippen molar-refractivity contribution in [1.29, 1.82) is 0 Å². The number of hydrogen-bond donors (Lipinski definition) is 3. The second kappa shape index (κ2) is 9.67. The van der Waals surface area contributed by atoms with Gasteiger partial charge in [-0.3, -0.25) is 4.79 Å². The number of carbonyl (C=O) groups is 1. The summed E-state index contributed by atoms with van der Waals surface area (Å²) >= 11 is 0. The van der Waals surface area contributed by atoms with E-state index in [2.05, 4.69) is 20.6 Å². The van der Waals surface area contributed by atoms with Gasteiger partial charge >= 0.3 is 0 Å². The van der Waals surface area contributed by atoms with Crippen LogP contribution in [0.3, 0.4) is 0 Å². The van der Waals surface area contributed by atoms with Gasteiger partial charge in [0.05, 0.1) is 24.0 Å². The van der Waals surface area contributed by atoms with Crippen LogP contribution in [-0.2, 0) is 11.3 Å². The Morgan fingerprint density at radius 1 is 0.968 bits per heavy atom. The first kappa shape index (κ1) is 20.3. The van der Waals surface area contributed by atoms with Crippen molar-refractivity contribution in [2.24, 2.45) is 0 Å². The van der Waals surface area contributed by atoms with Gasteiger partial charge in [-0.15, -0.1) is 0 Å². The molecule has 0 spiro atoms. The van der Waals surface area contributed by atoms with Gasteiger partial charge in [0.25, 0.3) is 5.91 Å². The molecule has 0 aliphatic rings. The molecular formula is C24H24N4O3. The Bertz CT molecular complexity index is 1160. The molecule has 0 saturated heterocycles. The Labute approximate surface area is 180 Å². The second-order valence-corrected chi connectivity index (χ2v) is 6.90. The van der Waals surface area contributed by atoms with Crippen molar-refractivity contribution in [3.8, 4) is 11.5 Å². The number of fused-ring (bicyclic) bond motifs is 1. The molecular weight excluding hydrogens is 392 g/mol. The van der Waals surface area contributed by atoms with Gasteiger partial charge in [-0.05, 0) is 55.0 Å². The van der Waals surface area contributed by atoms with Crippen molar-refractivity contribution in [3.05, 3.63) is 78.6 Å². The number of imidazole rings is 1. The monoisotopic (exact) mass is 416 g/mol. The molecule has 0 atom stereocenters. The third-order valence-electron chi connectivity index (χ3n) is 4.64. The highest BCUT2D eigenvalue weighted by molar-refractivity contribution is 5.91. The highest BCUT2D eigenvalue weighted by Crippen LogP contribution is 2.29. The Kier molecular flexibility index (Phi) is 6.32. The molecule has 0 radical (unpaired) electrons. The number of nitrogens with one attached hydrogen (secondary N) is 3. The third kappa shape index (κ3) is 5.33. The first-order chi connectivity index (χ1) is 15.2. The van der Waals surface area contributed by atoms with E-state index < -0.39 is 0 Å². The van der Waals surface area contributed by atoms with Gasteiger partial charge in [-0.1, -0.05) is 24.3 Å². The predicted octanol–water partition coefficient (Wildman–Crippen LogP) is 4.59. The standard InChI is InChI=1S/C24H24N4O3/c1-2-30-23-12-17(14-25-19-9-10-20-21(13-19)27-16-26-20)8-11-22(23)31-15-24(29)28-18-6-4-3-5-7-18/h3-13,16,25H,2,14-15H2,1H3,(H,26,27)(H,28,29). The zero-order valence-electron chi connectivity index (χ0n) is 17.2. The van der Waals surface area contributed by atoms with Crippen LogP contribution >= 0.6 is 0 Å². The Morgan fingerprint density at radius 3 is 2.68 bits per heavy atom. The van der Waals surface area contributed by atoms with Gasteiger partial charge in [-0.2, -0.15) is 0 Å². The maximum absolute atomic E-state index is 12.2. The lowest BCUT2D eigenvalue weighted by atomic mass is 10.2. The summed E-state index contributed by atoms with van der Waals surface area (Å²) in [6, 6.07) is 21.0. The summed E-state index contributed by atoms with van der Waals surface area (Å²) in [5.41, 5.74) is 4.68. The molecule has 0 bridgehead atoms. The molecule has 7 nitrogen and oxygen atoms in total. The molecule has 158 valence electrons. The van der Waals surface area contributed by atoms with Crippen molar-refractivity contribution in [2.45, 2.75) is 13.5 Å². The fourth-order valence-corrected chi connectivity index (χ4v) is 3.16. The number of rotatable bonds is 9. The summed E-state index contributed by atoms with van der Waals surface area (Å²) in [7, 11) is 0. The van der Waals surface area contributed by atoms with E-state index in [0.717, 1.165) is 28.0 Å². The number of ether oxygens (including phenoxy) is 2. The van der Waals surface area contributed by atoms with Gasteiger partial charge in [-0.25, -0.2) is 4.98 Å². The number of aromatic amines is 1. The first-order valence-electron chi connectivity index (χ1n) is 10.1.